The van der Waals surface area contributed by atoms with Crippen molar-refractivity contribution in [2.45, 2.75) is 38.1 Å². The Hall–Kier alpha value is -1.54. The minimum absolute atomic E-state index is 0.195. The summed E-state index contributed by atoms with van der Waals surface area (Å²) in [7, 11) is -4.01. The fourth-order valence-electron chi connectivity index (χ4n) is 1.45. The van der Waals surface area contributed by atoms with Crippen molar-refractivity contribution in [3.05, 3.63) is 33.6 Å². The van der Waals surface area contributed by atoms with Crippen LogP contribution in [0.2, 0.25) is 0 Å². The zero-order valence-corrected chi connectivity index (χ0v) is 11.8. The second kappa shape index (κ2) is 4.86. The first-order chi connectivity index (χ1) is 8.44. The number of hydrogen-bond donors (Lipinski definition) is 1. The van der Waals surface area contributed by atoms with Gasteiger partial charge in [0.2, 0.25) is 10.0 Å². The largest absolute Gasteiger partial charge is 0.276 e. The number of benzene rings is 1. The maximum Gasteiger partial charge on any atom is 0.276 e. The summed E-state index contributed by atoms with van der Waals surface area (Å²) in [5.74, 6) is -0.927. The number of nitro benzene ring substituents is 1. The molecule has 0 atom stereocenters. The Morgan fingerprint density at radius 3 is 2.26 bits per heavy atom. The Morgan fingerprint density at radius 1 is 1.32 bits per heavy atom. The molecule has 0 aliphatic rings. The fraction of sp³-hybridized carbons (Fsp3) is 0.455. The van der Waals surface area contributed by atoms with Crippen molar-refractivity contribution in [1.82, 2.24) is 4.72 Å². The van der Waals surface area contributed by atoms with Crippen LogP contribution in [0.25, 0.3) is 0 Å². The summed E-state index contributed by atoms with van der Waals surface area (Å²) in [6.07, 6.45) is 0. The van der Waals surface area contributed by atoms with E-state index >= 15 is 0 Å². The Bertz CT molecular complexity index is 620. The van der Waals surface area contributed by atoms with Crippen molar-refractivity contribution in [3.8, 4) is 0 Å². The van der Waals surface area contributed by atoms with E-state index in [1.54, 1.807) is 20.8 Å². The molecule has 6 nitrogen and oxygen atoms in total. The molecule has 106 valence electrons. The van der Waals surface area contributed by atoms with Gasteiger partial charge in [-0.25, -0.2) is 17.5 Å². The molecule has 1 rings (SSSR count). The lowest BCUT2D eigenvalue weighted by molar-refractivity contribution is -0.385. The van der Waals surface area contributed by atoms with Gasteiger partial charge in [-0.1, -0.05) is 0 Å². The molecule has 0 bridgehead atoms. The second-order valence-corrected chi connectivity index (χ2v) is 6.84. The summed E-state index contributed by atoms with van der Waals surface area (Å²) in [5, 5.41) is 10.8. The average Bonchev–Trinajstić information content (AvgIpc) is 2.17. The number of nitrogens with zero attached hydrogens (tertiary/aromatic N) is 1. The predicted molar refractivity (Wildman–Crippen MR) is 67.9 cm³/mol. The molecule has 0 unspecified atom stereocenters. The van der Waals surface area contributed by atoms with E-state index in [2.05, 4.69) is 4.72 Å². The van der Waals surface area contributed by atoms with Gasteiger partial charge in [-0.05, 0) is 33.8 Å². The molecule has 19 heavy (non-hydrogen) atoms. The monoisotopic (exact) mass is 290 g/mol. The van der Waals surface area contributed by atoms with Gasteiger partial charge in [0.1, 0.15) is 5.82 Å². The standard InChI is InChI=1S/C11H15FN2O4S/c1-7-9(12)5-8(6-10(7)14(15)16)19(17,18)13-11(2,3)4/h5-6,13H,1-4H3. The van der Waals surface area contributed by atoms with Crippen molar-refractivity contribution < 1.29 is 17.7 Å². The highest BCUT2D eigenvalue weighted by Crippen LogP contribution is 2.25. The van der Waals surface area contributed by atoms with Gasteiger partial charge < -0.3 is 0 Å². The normalized spacial score (nSPS) is 12.5. The number of halogens is 1. The van der Waals surface area contributed by atoms with Gasteiger partial charge >= 0.3 is 0 Å². The minimum atomic E-state index is -4.01. The van der Waals surface area contributed by atoms with E-state index in [0.29, 0.717) is 0 Å². The van der Waals surface area contributed by atoms with E-state index in [1.165, 1.54) is 6.92 Å². The molecule has 0 spiro atoms. The number of nitro groups is 1. The Morgan fingerprint density at radius 2 is 1.84 bits per heavy atom. The van der Waals surface area contributed by atoms with Crippen molar-refractivity contribution in [1.29, 1.82) is 0 Å². The first-order valence-corrected chi connectivity index (χ1v) is 6.91. The van der Waals surface area contributed by atoms with Gasteiger partial charge in [-0.2, -0.15) is 0 Å². The van der Waals surface area contributed by atoms with Crippen molar-refractivity contribution in [2.75, 3.05) is 0 Å². The molecule has 0 heterocycles. The highest BCUT2D eigenvalue weighted by molar-refractivity contribution is 7.89. The highest BCUT2D eigenvalue weighted by atomic mass is 32.2. The molecule has 8 heteroatoms. The third kappa shape index (κ3) is 3.71. The molecule has 0 aliphatic carbocycles. The van der Waals surface area contributed by atoms with E-state index in [-0.39, 0.29) is 5.56 Å². The van der Waals surface area contributed by atoms with Gasteiger partial charge in [0.15, 0.2) is 0 Å². The van der Waals surface area contributed by atoms with E-state index in [4.69, 9.17) is 0 Å². The molecule has 0 saturated carbocycles. The Balaban J connectivity index is 3.41. The highest BCUT2D eigenvalue weighted by Gasteiger charge is 2.26. The summed E-state index contributed by atoms with van der Waals surface area (Å²) >= 11 is 0. The molecule has 0 amide bonds. The van der Waals surface area contributed by atoms with E-state index in [9.17, 15) is 22.9 Å². The van der Waals surface area contributed by atoms with Crippen LogP contribution >= 0.6 is 0 Å². The topological polar surface area (TPSA) is 89.3 Å². The molecular formula is C11H15FN2O4S. The predicted octanol–water partition coefficient (Wildman–Crippen LogP) is 2.12. The van der Waals surface area contributed by atoms with Gasteiger partial charge in [0, 0.05) is 11.6 Å². The number of nitrogens with one attached hydrogen (secondary N) is 1. The lowest BCUT2D eigenvalue weighted by Crippen LogP contribution is -2.40. The third-order valence-electron chi connectivity index (χ3n) is 2.24. The molecule has 1 N–H and O–H groups in total. The van der Waals surface area contributed by atoms with Crippen LogP contribution in [0.1, 0.15) is 26.3 Å². The maximum absolute atomic E-state index is 13.6. The number of sulfonamides is 1. The zero-order valence-electron chi connectivity index (χ0n) is 11.0. The summed E-state index contributed by atoms with van der Waals surface area (Å²) in [6.45, 7) is 6.07. The molecule has 0 fully saturated rings. The number of rotatable bonds is 3. The van der Waals surface area contributed by atoms with Crippen LogP contribution in [0.5, 0.6) is 0 Å². The first-order valence-electron chi connectivity index (χ1n) is 5.42. The Kier molecular flexibility index (Phi) is 3.97. The van der Waals surface area contributed by atoms with E-state index < -0.39 is 36.9 Å². The van der Waals surface area contributed by atoms with Crippen LogP contribution < -0.4 is 4.72 Å². The Labute approximate surface area is 110 Å². The minimum Gasteiger partial charge on any atom is -0.258 e. The van der Waals surface area contributed by atoms with Gasteiger partial charge in [-0.3, -0.25) is 10.1 Å². The molecular weight excluding hydrogens is 275 g/mol. The molecule has 1 aromatic rings. The van der Waals surface area contributed by atoms with Crippen LogP contribution in [0.3, 0.4) is 0 Å². The van der Waals surface area contributed by atoms with Crippen LogP contribution in [-0.2, 0) is 10.0 Å². The van der Waals surface area contributed by atoms with Crippen molar-refractivity contribution in [3.63, 3.8) is 0 Å². The summed E-state index contributed by atoms with van der Waals surface area (Å²) < 4.78 is 39.8. The second-order valence-electron chi connectivity index (χ2n) is 5.16. The molecule has 0 aromatic heterocycles. The number of hydrogen-bond acceptors (Lipinski definition) is 4. The molecule has 0 saturated heterocycles. The van der Waals surface area contributed by atoms with Crippen LogP contribution in [-0.4, -0.2) is 18.9 Å². The van der Waals surface area contributed by atoms with Gasteiger partial charge in [0.05, 0.1) is 15.4 Å². The maximum atomic E-state index is 13.6. The lowest BCUT2D eigenvalue weighted by Gasteiger charge is -2.20. The van der Waals surface area contributed by atoms with Crippen molar-refractivity contribution in [2.24, 2.45) is 0 Å². The SMILES string of the molecule is Cc1c(F)cc(S(=O)(=O)NC(C)(C)C)cc1[N+](=O)[O-]. The van der Waals surface area contributed by atoms with Crippen LogP contribution in [0.4, 0.5) is 10.1 Å². The quantitative estimate of drug-likeness (QED) is 0.682. The zero-order chi connectivity index (χ0) is 15.0. The van der Waals surface area contributed by atoms with Crippen LogP contribution in [0, 0.1) is 22.9 Å². The van der Waals surface area contributed by atoms with Crippen LogP contribution in [0.15, 0.2) is 17.0 Å². The smallest absolute Gasteiger partial charge is 0.258 e. The molecule has 0 aliphatic heterocycles. The summed E-state index contributed by atoms with van der Waals surface area (Å²) in [6, 6.07) is 1.63. The van der Waals surface area contributed by atoms with E-state index in [0.717, 1.165) is 12.1 Å². The van der Waals surface area contributed by atoms with E-state index in [1.807, 2.05) is 0 Å². The van der Waals surface area contributed by atoms with Crippen molar-refractivity contribution >= 4 is 15.7 Å². The third-order valence-corrected chi connectivity index (χ3v) is 3.98. The average molecular weight is 290 g/mol. The lowest BCUT2D eigenvalue weighted by atomic mass is 10.1. The fourth-order valence-corrected chi connectivity index (χ4v) is 2.90. The molecule has 1 aromatic carbocycles. The first kappa shape index (κ1) is 15.5. The summed E-state index contributed by atoms with van der Waals surface area (Å²) in [5.41, 5.74) is -1.52. The summed E-state index contributed by atoms with van der Waals surface area (Å²) in [4.78, 5) is 9.49. The molecule has 0 radical (unpaired) electrons. The van der Waals surface area contributed by atoms with Gasteiger partial charge in [-0.15, -0.1) is 0 Å². The van der Waals surface area contributed by atoms with Gasteiger partial charge in [0.25, 0.3) is 5.69 Å².